The average molecular weight is 919 g/mol. The van der Waals surface area contributed by atoms with E-state index in [0.717, 1.165) is 56.2 Å². The van der Waals surface area contributed by atoms with Crippen LogP contribution in [0, 0.1) is 17.6 Å². The third-order valence-electron chi connectivity index (χ3n) is 12.9. The van der Waals surface area contributed by atoms with Gasteiger partial charge in [0.05, 0.1) is 37.6 Å². The second kappa shape index (κ2) is 19.6. The highest BCUT2D eigenvalue weighted by Crippen LogP contribution is 2.74. The largest absolute Gasteiger partial charge is 0.495 e. The SMILES string of the molecule is CCOP(=O)(Cc1c(F)cccc1F)[C@@]12C[C@H]1C=CCCCCC[C@H](NC(=O)OC1CCCC1)C(=O)N1C[C@H](Oc3cc(-c4ccccc4)nc4c(Cl)c(OC)ccc34)C[C@H]1C(=O)N2. The van der Waals surface area contributed by atoms with Gasteiger partial charge in [-0.2, -0.15) is 0 Å². The number of halogens is 3. The van der Waals surface area contributed by atoms with Crippen LogP contribution in [0.3, 0.4) is 0 Å². The number of hydrogen-bond donors (Lipinski definition) is 2. The van der Waals surface area contributed by atoms with E-state index >= 15 is 18.1 Å². The van der Waals surface area contributed by atoms with Gasteiger partial charge in [0.25, 0.3) is 0 Å². The van der Waals surface area contributed by atoms with Crippen molar-refractivity contribution in [2.45, 2.75) is 113 Å². The number of benzene rings is 3. The second-order valence-electron chi connectivity index (χ2n) is 17.1. The number of amides is 3. The highest BCUT2D eigenvalue weighted by atomic mass is 35.5. The maximum Gasteiger partial charge on any atom is 0.408 e. The Morgan fingerprint density at radius 3 is 2.45 bits per heavy atom. The molecule has 4 aliphatic rings. The fourth-order valence-corrected chi connectivity index (χ4v) is 12.8. The first-order valence-electron chi connectivity index (χ1n) is 22.3. The first kappa shape index (κ1) is 45.5. The zero-order chi connectivity index (χ0) is 45.0. The molecule has 0 radical (unpaired) electrons. The molecule has 2 saturated carbocycles. The summed E-state index contributed by atoms with van der Waals surface area (Å²) in [4.78, 5) is 49.6. The molecule has 0 bridgehead atoms. The predicted molar refractivity (Wildman–Crippen MR) is 239 cm³/mol. The molecule has 3 amide bonds. The predicted octanol–water partition coefficient (Wildman–Crippen LogP) is 10.1. The van der Waals surface area contributed by atoms with E-state index in [0.29, 0.717) is 47.4 Å². The molecule has 16 heteroatoms. The van der Waals surface area contributed by atoms with Crippen LogP contribution in [0.1, 0.15) is 83.1 Å². The summed E-state index contributed by atoms with van der Waals surface area (Å²) in [6.07, 6.45) is 8.25. The molecule has 0 spiro atoms. The van der Waals surface area contributed by atoms with Crippen molar-refractivity contribution in [1.29, 1.82) is 0 Å². The molecule has 340 valence electrons. The number of aromatic nitrogens is 1. The molecule has 1 unspecified atom stereocenters. The van der Waals surface area contributed by atoms with Gasteiger partial charge >= 0.3 is 6.09 Å². The van der Waals surface area contributed by atoms with Crippen molar-refractivity contribution in [1.82, 2.24) is 20.5 Å². The van der Waals surface area contributed by atoms with Gasteiger partial charge in [-0.05, 0) is 82.6 Å². The van der Waals surface area contributed by atoms with Crippen molar-refractivity contribution >= 4 is 47.8 Å². The Balaban J connectivity index is 1.17. The molecule has 3 heterocycles. The van der Waals surface area contributed by atoms with Crippen LogP contribution in [-0.4, -0.2) is 77.6 Å². The van der Waals surface area contributed by atoms with Crippen molar-refractivity contribution in [3.63, 3.8) is 0 Å². The van der Waals surface area contributed by atoms with Crippen LogP contribution in [0.5, 0.6) is 11.5 Å². The second-order valence-corrected chi connectivity index (χ2v) is 20.2. The first-order valence-corrected chi connectivity index (χ1v) is 24.4. The maximum absolute atomic E-state index is 15.3. The molecule has 64 heavy (non-hydrogen) atoms. The fourth-order valence-electron chi connectivity index (χ4n) is 9.44. The van der Waals surface area contributed by atoms with Gasteiger partial charge in [0.2, 0.25) is 19.2 Å². The molecule has 2 aliphatic heterocycles. The van der Waals surface area contributed by atoms with Gasteiger partial charge in [-0.1, -0.05) is 73.0 Å². The van der Waals surface area contributed by atoms with Gasteiger partial charge in [0, 0.05) is 34.9 Å². The Bertz CT molecular complexity index is 2440. The van der Waals surface area contributed by atoms with Crippen LogP contribution in [-0.2, 0) is 29.6 Å². The molecule has 8 rings (SSSR count). The number of carbonyl (C=O) groups is 3. The number of rotatable bonds is 11. The van der Waals surface area contributed by atoms with E-state index in [2.05, 4.69) is 10.6 Å². The normalized spacial score (nSPS) is 25.0. The minimum Gasteiger partial charge on any atom is -0.495 e. The summed E-state index contributed by atoms with van der Waals surface area (Å²) in [7, 11) is -2.61. The minimum atomic E-state index is -4.12. The standard InChI is InChI=1S/C48H54ClF2N4O8P/c1-3-61-64(59,29-35-36(50)20-14-21-37(35)51)48-27-31(48)17-10-5-4-6-11-22-38(53-47(58)63-32-18-12-13-19-32)46(57)55-28-33(25-40(55)45(56)54-48)62-42-26-39(30-15-8-7-9-16-30)52-44-34(42)23-24-41(60-2)43(44)49/h7-10,14-17,20-21,23-24,26,31-33,38,40H,3-6,11-13,18-19,22,25,27-29H2,1-2H3,(H,53,58)(H,54,56)/t31-,33-,38+,40+,48+,64?/m1/s1. The lowest BCUT2D eigenvalue weighted by Crippen LogP contribution is -2.55. The van der Waals surface area contributed by atoms with Gasteiger partial charge in [0.15, 0.2) is 0 Å². The highest BCUT2D eigenvalue weighted by molar-refractivity contribution is 7.60. The quantitative estimate of drug-likeness (QED) is 0.111. The van der Waals surface area contributed by atoms with E-state index < -0.39 is 78.0 Å². The molecule has 6 atom stereocenters. The summed E-state index contributed by atoms with van der Waals surface area (Å²) < 4.78 is 69.8. The number of nitrogens with zero attached hydrogens (tertiary/aromatic N) is 2. The minimum absolute atomic E-state index is 0.00263. The summed E-state index contributed by atoms with van der Waals surface area (Å²) in [5, 5.41) is 5.23. The molecular formula is C48H54ClF2N4O8P. The van der Waals surface area contributed by atoms with Crippen molar-refractivity contribution in [2.24, 2.45) is 5.92 Å². The Morgan fingerprint density at radius 1 is 0.969 bits per heavy atom. The molecule has 1 aromatic heterocycles. The van der Waals surface area contributed by atoms with E-state index in [4.69, 9.17) is 35.3 Å². The number of carbonyl (C=O) groups excluding carboxylic acids is 3. The fraction of sp³-hybridized carbons (Fsp3) is 0.458. The monoisotopic (exact) mass is 918 g/mol. The lowest BCUT2D eigenvalue weighted by molar-refractivity contribution is -0.140. The number of nitrogens with one attached hydrogen (secondary N) is 2. The van der Waals surface area contributed by atoms with E-state index in [1.54, 1.807) is 25.1 Å². The van der Waals surface area contributed by atoms with Crippen molar-refractivity contribution in [2.75, 3.05) is 20.3 Å². The van der Waals surface area contributed by atoms with Crippen LogP contribution in [0.4, 0.5) is 13.6 Å². The van der Waals surface area contributed by atoms with E-state index in [-0.39, 0.29) is 37.1 Å². The van der Waals surface area contributed by atoms with E-state index in [9.17, 15) is 9.59 Å². The van der Waals surface area contributed by atoms with Gasteiger partial charge in [0.1, 0.15) is 57.7 Å². The number of allylic oxidation sites excluding steroid dienone is 1. The number of fused-ring (bicyclic) bond motifs is 3. The zero-order valence-corrected chi connectivity index (χ0v) is 37.7. The number of ether oxygens (including phenoxy) is 3. The summed E-state index contributed by atoms with van der Waals surface area (Å²) >= 11 is 6.85. The van der Waals surface area contributed by atoms with Gasteiger partial charge in [-0.25, -0.2) is 18.6 Å². The molecule has 3 aromatic carbocycles. The van der Waals surface area contributed by atoms with E-state index in [1.807, 2.05) is 42.5 Å². The molecule has 3 fully saturated rings. The van der Waals surface area contributed by atoms with Gasteiger partial charge in [-0.3, -0.25) is 14.2 Å². The number of alkyl carbamates (subject to hydrolysis) is 1. The van der Waals surface area contributed by atoms with Gasteiger partial charge < -0.3 is 34.3 Å². The Morgan fingerprint density at radius 2 is 1.72 bits per heavy atom. The van der Waals surface area contributed by atoms with Crippen LogP contribution in [0.25, 0.3) is 22.2 Å². The summed E-state index contributed by atoms with van der Waals surface area (Å²) in [6, 6.07) is 16.0. The van der Waals surface area contributed by atoms with Crippen molar-refractivity contribution < 1.29 is 46.5 Å². The van der Waals surface area contributed by atoms with E-state index in [1.165, 1.54) is 18.1 Å². The van der Waals surface area contributed by atoms with Crippen LogP contribution >= 0.6 is 19.0 Å². The van der Waals surface area contributed by atoms with Crippen LogP contribution in [0.15, 0.2) is 78.9 Å². The Hall–Kier alpha value is -5.04. The molecule has 12 nitrogen and oxygen atoms in total. The Labute approximate surface area is 376 Å². The molecular weight excluding hydrogens is 865 g/mol. The van der Waals surface area contributed by atoms with Gasteiger partial charge in [-0.15, -0.1) is 0 Å². The molecule has 4 aromatic rings. The summed E-state index contributed by atoms with van der Waals surface area (Å²) in [5.74, 6) is -2.53. The summed E-state index contributed by atoms with van der Waals surface area (Å²) in [6.45, 7) is 1.54. The number of hydrogen-bond acceptors (Lipinski definition) is 9. The third-order valence-corrected chi connectivity index (χ3v) is 16.5. The zero-order valence-electron chi connectivity index (χ0n) is 36.0. The highest BCUT2D eigenvalue weighted by Gasteiger charge is 2.67. The number of pyridine rings is 1. The lowest BCUT2D eigenvalue weighted by Gasteiger charge is -2.33. The first-order chi connectivity index (χ1) is 30.9. The third kappa shape index (κ3) is 9.51. The lowest BCUT2D eigenvalue weighted by atomic mass is 10.0. The average Bonchev–Trinajstić information content (AvgIpc) is 3.54. The number of methoxy groups -OCH3 is 1. The molecule has 2 N–H and O–H groups in total. The van der Waals surface area contributed by atoms with Crippen LogP contribution < -0.4 is 20.1 Å². The molecule has 2 aliphatic carbocycles. The molecule has 1 saturated heterocycles. The Kier molecular flexibility index (Phi) is 13.9. The van der Waals surface area contributed by atoms with Crippen molar-refractivity contribution in [3.8, 4) is 22.8 Å². The topological polar surface area (TPSA) is 145 Å². The van der Waals surface area contributed by atoms with Crippen molar-refractivity contribution in [3.05, 3.63) is 101 Å². The van der Waals surface area contributed by atoms with Crippen LogP contribution in [0.2, 0.25) is 5.02 Å². The smallest absolute Gasteiger partial charge is 0.408 e. The maximum atomic E-state index is 15.3. The summed E-state index contributed by atoms with van der Waals surface area (Å²) in [5.41, 5.74) is 1.40.